The maximum Gasteiger partial charge on any atom is 0.0136 e. The average Bonchev–Trinajstić information content (AvgIpc) is 2.38. The second-order valence-electron chi connectivity index (χ2n) is 5.76. The van der Waals surface area contributed by atoms with Crippen LogP contribution in [0.3, 0.4) is 0 Å². The molecule has 0 spiro atoms. The van der Waals surface area contributed by atoms with Gasteiger partial charge in [-0.1, -0.05) is 26.2 Å². The third-order valence-corrected chi connectivity index (χ3v) is 4.77. The van der Waals surface area contributed by atoms with Crippen molar-refractivity contribution in [3.05, 3.63) is 0 Å². The Balaban J connectivity index is 1.93. The van der Waals surface area contributed by atoms with Crippen LogP contribution in [0.2, 0.25) is 0 Å². The van der Waals surface area contributed by atoms with Gasteiger partial charge in [0.25, 0.3) is 0 Å². The lowest BCUT2D eigenvalue weighted by molar-refractivity contribution is 0.0633. The van der Waals surface area contributed by atoms with Crippen molar-refractivity contribution in [2.75, 3.05) is 19.6 Å². The minimum absolute atomic E-state index is 0.782. The summed E-state index contributed by atoms with van der Waals surface area (Å²) in [4.78, 5) is 2.77. The summed E-state index contributed by atoms with van der Waals surface area (Å²) in [7, 11) is 0. The predicted molar refractivity (Wildman–Crippen MR) is 69.4 cm³/mol. The van der Waals surface area contributed by atoms with Crippen LogP contribution in [0.4, 0.5) is 0 Å². The number of nitrogens with two attached hydrogens (primary N) is 1. The summed E-state index contributed by atoms with van der Waals surface area (Å²) in [6, 6.07) is 0.813. The van der Waals surface area contributed by atoms with Gasteiger partial charge in [0.1, 0.15) is 0 Å². The van der Waals surface area contributed by atoms with E-state index in [-0.39, 0.29) is 0 Å². The van der Waals surface area contributed by atoms with Crippen LogP contribution in [-0.4, -0.2) is 30.6 Å². The average molecular weight is 224 g/mol. The molecule has 2 heteroatoms. The monoisotopic (exact) mass is 224 g/mol. The Bertz CT molecular complexity index is 205. The Hall–Kier alpha value is -0.0800. The lowest BCUT2D eigenvalue weighted by atomic mass is 9.82. The van der Waals surface area contributed by atoms with Crippen LogP contribution < -0.4 is 5.73 Å². The second-order valence-corrected chi connectivity index (χ2v) is 5.76. The summed E-state index contributed by atoms with van der Waals surface area (Å²) in [5.74, 6) is 1.73. The van der Waals surface area contributed by atoms with E-state index in [1.54, 1.807) is 0 Å². The Kier molecular flexibility index (Phi) is 4.66. The summed E-state index contributed by atoms with van der Waals surface area (Å²) in [6.45, 7) is 5.92. The minimum atomic E-state index is 0.782. The molecule has 16 heavy (non-hydrogen) atoms. The molecule has 2 fully saturated rings. The molecule has 1 saturated carbocycles. The molecule has 0 aromatic heterocycles. The SMILES string of the molecule is CCC1CCCN(C2CCCCC2CN)C1. The molecule has 2 N–H and O–H groups in total. The molecule has 1 aliphatic carbocycles. The van der Waals surface area contributed by atoms with Crippen molar-refractivity contribution in [1.82, 2.24) is 4.90 Å². The van der Waals surface area contributed by atoms with Gasteiger partial charge in [-0.25, -0.2) is 0 Å². The van der Waals surface area contributed by atoms with Crippen molar-refractivity contribution < 1.29 is 0 Å². The molecule has 0 radical (unpaired) electrons. The molecule has 0 aromatic rings. The van der Waals surface area contributed by atoms with Crippen LogP contribution in [0.1, 0.15) is 51.9 Å². The maximum absolute atomic E-state index is 5.94. The van der Waals surface area contributed by atoms with E-state index in [1.807, 2.05) is 0 Å². The molecule has 1 saturated heterocycles. The molecule has 2 rings (SSSR count). The highest BCUT2D eigenvalue weighted by atomic mass is 15.2. The van der Waals surface area contributed by atoms with E-state index in [2.05, 4.69) is 11.8 Å². The van der Waals surface area contributed by atoms with E-state index >= 15 is 0 Å². The van der Waals surface area contributed by atoms with Crippen molar-refractivity contribution in [1.29, 1.82) is 0 Å². The molecule has 0 bridgehead atoms. The first-order valence-electron chi connectivity index (χ1n) is 7.29. The number of rotatable bonds is 3. The van der Waals surface area contributed by atoms with Crippen molar-refractivity contribution >= 4 is 0 Å². The van der Waals surface area contributed by atoms with Gasteiger partial charge in [-0.3, -0.25) is 4.90 Å². The third-order valence-electron chi connectivity index (χ3n) is 4.77. The first-order chi connectivity index (χ1) is 7.85. The van der Waals surface area contributed by atoms with Gasteiger partial charge in [-0.05, 0) is 50.6 Å². The Morgan fingerprint density at radius 2 is 1.94 bits per heavy atom. The number of hydrogen-bond acceptors (Lipinski definition) is 2. The molecule has 0 amide bonds. The first-order valence-corrected chi connectivity index (χ1v) is 7.29. The van der Waals surface area contributed by atoms with E-state index in [9.17, 15) is 0 Å². The maximum atomic E-state index is 5.94. The van der Waals surface area contributed by atoms with E-state index in [1.165, 1.54) is 58.0 Å². The highest BCUT2D eigenvalue weighted by Crippen LogP contribution is 2.31. The number of nitrogens with zero attached hydrogens (tertiary/aromatic N) is 1. The zero-order valence-electron chi connectivity index (χ0n) is 10.8. The van der Waals surface area contributed by atoms with E-state index < -0.39 is 0 Å². The summed E-state index contributed by atoms with van der Waals surface area (Å²) in [6.07, 6.45) is 9.82. The van der Waals surface area contributed by atoms with Crippen LogP contribution >= 0.6 is 0 Å². The van der Waals surface area contributed by atoms with Gasteiger partial charge >= 0.3 is 0 Å². The van der Waals surface area contributed by atoms with E-state index in [4.69, 9.17) is 5.73 Å². The van der Waals surface area contributed by atoms with Crippen LogP contribution in [0.5, 0.6) is 0 Å². The molecule has 2 aliphatic rings. The van der Waals surface area contributed by atoms with Gasteiger partial charge in [-0.2, -0.15) is 0 Å². The molecule has 94 valence electrons. The van der Waals surface area contributed by atoms with Crippen LogP contribution in [0.15, 0.2) is 0 Å². The molecular formula is C14H28N2. The largest absolute Gasteiger partial charge is 0.330 e. The fraction of sp³-hybridized carbons (Fsp3) is 1.00. The van der Waals surface area contributed by atoms with Gasteiger partial charge in [0.15, 0.2) is 0 Å². The smallest absolute Gasteiger partial charge is 0.0136 e. The van der Waals surface area contributed by atoms with Gasteiger partial charge in [0.2, 0.25) is 0 Å². The van der Waals surface area contributed by atoms with Gasteiger partial charge in [0, 0.05) is 12.6 Å². The van der Waals surface area contributed by atoms with Crippen LogP contribution in [0.25, 0.3) is 0 Å². The summed E-state index contributed by atoms with van der Waals surface area (Å²) < 4.78 is 0. The van der Waals surface area contributed by atoms with Crippen LogP contribution in [0, 0.1) is 11.8 Å². The fourth-order valence-electron chi connectivity index (χ4n) is 3.68. The normalized spacial score (nSPS) is 37.5. The topological polar surface area (TPSA) is 29.3 Å². The lowest BCUT2D eigenvalue weighted by Crippen LogP contribution is -2.49. The molecule has 3 unspecified atom stereocenters. The summed E-state index contributed by atoms with van der Waals surface area (Å²) in [5.41, 5.74) is 5.94. The summed E-state index contributed by atoms with van der Waals surface area (Å²) in [5, 5.41) is 0. The first kappa shape index (κ1) is 12.4. The highest BCUT2D eigenvalue weighted by molar-refractivity contribution is 4.86. The number of hydrogen-bond donors (Lipinski definition) is 1. The molecule has 2 nitrogen and oxygen atoms in total. The summed E-state index contributed by atoms with van der Waals surface area (Å²) >= 11 is 0. The molecule has 1 heterocycles. The highest BCUT2D eigenvalue weighted by Gasteiger charge is 2.31. The third kappa shape index (κ3) is 2.78. The quantitative estimate of drug-likeness (QED) is 0.798. The van der Waals surface area contributed by atoms with Crippen molar-refractivity contribution in [2.45, 2.75) is 57.9 Å². The van der Waals surface area contributed by atoms with Gasteiger partial charge in [-0.15, -0.1) is 0 Å². The zero-order chi connectivity index (χ0) is 11.4. The molecule has 3 atom stereocenters. The zero-order valence-corrected chi connectivity index (χ0v) is 10.8. The van der Waals surface area contributed by atoms with Gasteiger partial charge in [0.05, 0.1) is 0 Å². The van der Waals surface area contributed by atoms with Crippen molar-refractivity contribution in [3.8, 4) is 0 Å². The van der Waals surface area contributed by atoms with Crippen LogP contribution in [-0.2, 0) is 0 Å². The Labute approximate surface area is 101 Å². The fourth-order valence-corrected chi connectivity index (χ4v) is 3.68. The molecule has 1 aliphatic heterocycles. The lowest BCUT2D eigenvalue weighted by Gasteiger charge is -2.43. The Morgan fingerprint density at radius 1 is 1.12 bits per heavy atom. The van der Waals surface area contributed by atoms with Gasteiger partial charge < -0.3 is 5.73 Å². The Morgan fingerprint density at radius 3 is 2.69 bits per heavy atom. The molecule has 0 aromatic carbocycles. The standard InChI is InChI=1S/C14H28N2/c1-2-12-6-5-9-16(11-12)14-8-4-3-7-13(14)10-15/h12-14H,2-11,15H2,1H3. The van der Waals surface area contributed by atoms with E-state index in [0.717, 1.165) is 24.4 Å². The second kappa shape index (κ2) is 6.02. The molecular weight excluding hydrogens is 196 g/mol. The minimum Gasteiger partial charge on any atom is -0.330 e. The predicted octanol–water partition coefficient (Wildman–Crippen LogP) is 2.63. The van der Waals surface area contributed by atoms with Crippen molar-refractivity contribution in [3.63, 3.8) is 0 Å². The van der Waals surface area contributed by atoms with E-state index in [0.29, 0.717) is 0 Å². The van der Waals surface area contributed by atoms with Crippen molar-refractivity contribution in [2.24, 2.45) is 17.6 Å². The number of likely N-dealkylation sites (tertiary alicyclic amines) is 1. The number of piperidine rings is 1.